The summed E-state index contributed by atoms with van der Waals surface area (Å²) in [6.45, 7) is 20.5. The molecule has 0 heterocycles. The molecule has 0 aromatic rings. The van der Waals surface area contributed by atoms with Crippen molar-refractivity contribution in [3.8, 4) is 0 Å². The third-order valence-corrected chi connectivity index (χ3v) is 11.4. The highest BCUT2D eigenvalue weighted by Gasteiger charge is 2.69. The molecule has 9 unspecified atom stereocenters. The van der Waals surface area contributed by atoms with Crippen LogP contribution in [0.2, 0.25) is 0 Å². The molecule has 2 N–H and O–H groups in total. The lowest BCUT2D eigenvalue weighted by atomic mass is 9.38. The Morgan fingerprint density at radius 2 is 1.75 bits per heavy atom. The van der Waals surface area contributed by atoms with Crippen LogP contribution in [0, 0.1) is 45.3 Å². The molecule has 2 heteroatoms. The first-order valence-corrected chi connectivity index (χ1v) is 13.2. The average molecular weight is 441 g/mol. The van der Waals surface area contributed by atoms with E-state index >= 15 is 0 Å². The first kappa shape index (κ1) is 24.3. The van der Waals surface area contributed by atoms with Crippen molar-refractivity contribution < 1.29 is 10.2 Å². The molecule has 3 fully saturated rings. The van der Waals surface area contributed by atoms with Gasteiger partial charge in [0.2, 0.25) is 0 Å². The van der Waals surface area contributed by atoms with Crippen molar-refractivity contribution >= 4 is 0 Å². The maximum Gasteiger partial charge on any atom is 0.0762 e. The molecule has 180 valence electrons. The smallest absolute Gasteiger partial charge is 0.0762 e. The summed E-state index contributed by atoms with van der Waals surface area (Å²) < 4.78 is 0. The Kier molecular flexibility index (Phi) is 5.95. The first-order valence-electron chi connectivity index (χ1n) is 13.2. The quantitative estimate of drug-likeness (QED) is 0.362. The lowest BCUT2D eigenvalue weighted by molar-refractivity contribution is -0.177. The van der Waals surface area contributed by atoms with Crippen LogP contribution in [0.1, 0.15) is 93.4 Å². The van der Waals surface area contributed by atoms with E-state index in [2.05, 4.69) is 73.3 Å². The zero-order chi connectivity index (χ0) is 23.7. The van der Waals surface area contributed by atoms with E-state index in [1.165, 1.54) is 31.3 Å². The monoisotopic (exact) mass is 440 g/mol. The minimum Gasteiger partial charge on any atom is -0.392 e. The Balaban J connectivity index is 1.69. The zero-order valence-electron chi connectivity index (χ0n) is 21.7. The van der Waals surface area contributed by atoms with Gasteiger partial charge in [-0.05, 0) is 85.9 Å². The third-order valence-electron chi connectivity index (χ3n) is 11.4. The van der Waals surface area contributed by atoms with Gasteiger partial charge in [0.1, 0.15) is 0 Å². The van der Waals surface area contributed by atoms with Crippen LogP contribution < -0.4 is 0 Å². The fourth-order valence-corrected chi connectivity index (χ4v) is 9.37. The first-order chi connectivity index (χ1) is 14.8. The predicted molar refractivity (Wildman–Crippen MR) is 134 cm³/mol. The molecule has 4 rings (SSSR count). The largest absolute Gasteiger partial charge is 0.392 e. The SMILES string of the molecule is C=C(C)C=CCC(C)C1CCC2(C)C3C(O)C=C4C(CCC(O)C4(C)C)C3(C)CCC12C. The molecule has 0 saturated heterocycles. The number of hydrogen-bond donors (Lipinski definition) is 2. The normalized spacial score (nSPS) is 48.5. The van der Waals surface area contributed by atoms with E-state index in [1.807, 2.05) is 0 Å². The Morgan fingerprint density at radius 3 is 2.41 bits per heavy atom. The van der Waals surface area contributed by atoms with Gasteiger partial charge in [-0.1, -0.05) is 77.5 Å². The van der Waals surface area contributed by atoms with Crippen LogP contribution >= 0.6 is 0 Å². The van der Waals surface area contributed by atoms with Gasteiger partial charge in [-0.2, -0.15) is 0 Å². The van der Waals surface area contributed by atoms with Crippen LogP contribution in [-0.2, 0) is 0 Å². The summed E-state index contributed by atoms with van der Waals surface area (Å²) in [5.41, 5.74) is 2.77. The summed E-state index contributed by atoms with van der Waals surface area (Å²) in [4.78, 5) is 0. The Labute approximate surface area is 197 Å². The molecule has 4 aliphatic rings. The summed E-state index contributed by atoms with van der Waals surface area (Å²) in [5.74, 6) is 2.15. The minimum absolute atomic E-state index is 0.118. The Bertz CT molecular complexity index is 821. The highest BCUT2D eigenvalue weighted by atomic mass is 16.3. The van der Waals surface area contributed by atoms with E-state index in [0.717, 1.165) is 24.8 Å². The van der Waals surface area contributed by atoms with Gasteiger partial charge in [-0.25, -0.2) is 0 Å². The number of allylic oxidation sites excluding steroid dienone is 3. The summed E-state index contributed by atoms with van der Waals surface area (Å²) in [6, 6.07) is 0. The summed E-state index contributed by atoms with van der Waals surface area (Å²) >= 11 is 0. The third kappa shape index (κ3) is 3.26. The molecule has 0 spiro atoms. The van der Waals surface area contributed by atoms with Gasteiger partial charge in [0, 0.05) is 11.3 Å². The molecule has 0 amide bonds. The van der Waals surface area contributed by atoms with Crippen LogP contribution in [0.3, 0.4) is 0 Å². The van der Waals surface area contributed by atoms with Gasteiger partial charge < -0.3 is 10.2 Å². The van der Waals surface area contributed by atoms with Crippen molar-refractivity contribution in [3.05, 3.63) is 36.0 Å². The number of fused-ring (bicyclic) bond motifs is 5. The van der Waals surface area contributed by atoms with Crippen molar-refractivity contribution in [1.29, 1.82) is 0 Å². The van der Waals surface area contributed by atoms with E-state index in [-0.39, 0.29) is 27.8 Å². The van der Waals surface area contributed by atoms with Gasteiger partial charge >= 0.3 is 0 Å². The molecule has 3 saturated carbocycles. The van der Waals surface area contributed by atoms with Crippen LogP contribution in [-0.4, -0.2) is 22.4 Å². The van der Waals surface area contributed by atoms with Crippen LogP contribution in [0.25, 0.3) is 0 Å². The summed E-state index contributed by atoms with van der Waals surface area (Å²) in [6.07, 6.45) is 14.0. The molecule has 0 aliphatic heterocycles. The van der Waals surface area contributed by atoms with E-state index < -0.39 is 6.10 Å². The fourth-order valence-electron chi connectivity index (χ4n) is 9.37. The van der Waals surface area contributed by atoms with Crippen LogP contribution in [0.5, 0.6) is 0 Å². The van der Waals surface area contributed by atoms with Crippen LogP contribution in [0.4, 0.5) is 0 Å². The maximum absolute atomic E-state index is 11.7. The molecule has 0 aromatic heterocycles. The second-order valence-corrected chi connectivity index (χ2v) is 13.4. The lowest BCUT2D eigenvalue weighted by Crippen LogP contribution is -2.62. The highest BCUT2D eigenvalue weighted by Crippen LogP contribution is 2.74. The molecule has 4 aliphatic carbocycles. The predicted octanol–water partition coefficient (Wildman–Crippen LogP) is 7.08. The molecular weight excluding hydrogens is 392 g/mol. The van der Waals surface area contributed by atoms with Gasteiger partial charge in [0.05, 0.1) is 12.2 Å². The van der Waals surface area contributed by atoms with Gasteiger partial charge in [-0.15, -0.1) is 0 Å². The Morgan fingerprint density at radius 1 is 1.06 bits per heavy atom. The second kappa shape index (κ2) is 7.84. The van der Waals surface area contributed by atoms with Crippen LogP contribution in [0.15, 0.2) is 36.0 Å². The van der Waals surface area contributed by atoms with Crippen molar-refractivity contribution in [3.63, 3.8) is 0 Å². The number of rotatable bonds is 4. The van der Waals surface area contributed by atoms with Crippen molar-refractivity contribution in [2.24, 2.45) is 45.3 Å². The molecule has 32 heavy (non-hydrogen) atoms. The van der Waals surface area contributed by atoms with E-state index in [1.54, 1.807) is 0 Å². The van der Waals surface area contributed by atoms with Gasteiger partial charge in [-0.3, -0.25) is 0 Å². The lowest BCUT2D eigenvalue weighted by Gasteiger charge is -2.66. The van der Waals surface area contributed by atoms with Gasteiger partial charge in [0.15, 0.2) is 0 Å². The molecule has 0 aromatic carbocycles. The van der Waals surface area contributed by atoms with E-state index in [4.69, 9.17) is 0 Å². The number of aliphatic hydroxyl groups excluding tert-OH is 2. The maximum atomic E-state index is 11.7. The standard InChI is InChI=1S/C30H48O2/c1-19(2)10-9-11-20(3)21-14-15-30(8)26-24(31)18-23-22(12-13-25(32)27(23,4)5)28(26,6)16-17-29(21,30)7/h9-10,18,20-22,24-26,31-32H,1,11-17H2,2-8H3. The summed E-state index contributed by atoms with van der Waals surface area (Å²) in [7, 11) is 0. The zero-order valence-corrected chi connectivity index (χ0v) is 21.7. The fraction of sp³-hybridized carbons (Fsp3) is 0.800. The van der Waals surface area contributed by atoms with Crippen molar-refractivity contribution in [2.75, 3.05) is 0 Å². The number of hydrogen-bond acceptors (Lipinski definition) is 2. The minimum atomic E-state index is -0.405. The van der Waals surface area contributed by atoms with Gasteiger partial charge in [0.25, 0.3) is 0 Å². The average Bonchev–Trinajstić information content (AvgIpc) is 2.96. The Hall–Kier alpha value is -0.860. The van der Waals surface area contributed by atoms with Crippen molar-refractivity contribution in [1.82, 2.24) is 0 Å². The molecule has 9 atom stereocenters. The number of aliphatic hydroxyl groups is 2. The van der Waals surface area contributed by atoms with Crippen molar-refractivity contribution in [2.45, 2.75) is 106 Å². The van der Waals surface area contributed by atoms with E-state index in [9.17, 15) is 10.2 Å². The second-order valence-electron chi connectivity index (χ2n) is 13.4. The highest BCUT2D eigenvalue weighted by molar-refractivity contribution is 5.32. The molecule has 2 nitrogen and oxygen atoms in total. The topological polar surface area (TPSA) is 40.5 Å². The van der Waals surface area contributed by atoms with E-state index in [0.29, 0.717) is 23.7 Å². The molecule has 0 radical (unpaired) electrons. The molecule has 0 bridgehead atoms. The summed E-state index contributed by atoms with van der Waals surface area (Å²) in [5, 5.41) is 22.5. The molecular formula is C30H48O2.